The summed E-state index contributed by atoms with van der Waals surface area (Å²) in [5, 5.41) is 0.938. The number of hydrogen-bond donors (Lipinski definition) is 0. The molecule has 4 aromatic rings. The van der Waals surface area contributed by atoms with Crippen LogP contribution >= 0.6 is 38.9 Å². The Balaban J connectivity index is 1.85. The third kappa shape index (κ3) is 4.05. The second-order valence-corrected chi connectivity index (χ2v) is 8.90. The van der Waals surface area contributed by atoms with Gasteiger partial charge in [-0.3, -0.25) is 14.7 Å². The van der Waals surface area contributed by atoms with Crippen LogP contribution < -0.4 is 9.64 Å². The van der Waals surface area contributed by atoms with Crippen molar-refractivity contribution < 1.29 is 9.53 Å². The van der Waals surface area contributed by atoms with Crippen LogP contribution in [0.2, 0.25) is 5.02 Å². The maximum atomic E-state index is 13.6. The second-order valence-electron chi connectivity index (χ2n) is 6.60. The van der Waals surface area contributed by atoms with Gasteiger partial charge in [-0.25, -0.2) is 4.98 Å². The molecule has 0 saturated heterocycles. The van der Waals surface area contributed by atoms with Crippen LogP contribution in [0.15, 0.2) is 59.2 Å². The van der Waals surface area contributed by atoms with Crippen LogP contribution in [0.25, 0.3) is 10.2 Å². The summed E-state index contributed by atoms with van der Waals surface area (Å²) in [6.45, 7) is 2.28. The van der Waals surface area contributed by atoms with Crippen molar-refractivity contribution in [2.24, 2.45) is 0 Å². The molecule has 0 radical (unpaired) electrons. The molecule has 0 fully saturated rings. The smallest absolute Gasteiger partial charge is 0.261 e. The minimum Gasteiger partial charge on any atom is -0.494 e. The van der Waals surface area contributed by atoms with Gasteiger partial charge in [0, 0.05) is 10.7 Å². The SMILES string of the molecule is COc1ccc(C)c2sc(N(Cc3ccccn3)C(=O)c3cc(Br)ccc3Cl)nc12. The van der Waals surface area contributed by atoms with E-state index in [0.29, 0.717) is 21.5 Å². The first-order valence-corrected chi connectivity index (χ1v) is 11.1. The molecule has 2 aromatic heterocycles. The third-order valence-corrected chi connectivity index (χ3v) is 6.63. The molecule has 0 aliphatic carbocycles. The largest absolute Gasteiger partial charge is 0.494 e. The maximum Gasteiger partial charge on any atom is 0.261 e. The molecule has 0 unspecified atom stereocenters. The monoisotopic (exact) mass is 501 g/mol. The number of fused-ring (bicyclic) bond motifs is 1. The van der Waals surface area contributed by atoms with Gasteiger partial charge in [-0.1, -0.05) is 51.0 Å². The van der Waals surface area contributed by atoms with E-state index >= 15 is 0 Å². The molecular formula is C22H17BrClN3O2S. The van der Waals surface area contributed by atoms with E-state index in [1.54, 1.807) is 36.4 Å². The number of thiazole rings is 1. The number of anilines is 1. The number of nitrogens with zero attached hydrogens (tertiary/aromatic N) is 3. The lowest BCUT2D eigenvalue weighted by Crippen LogP contribution is -2.31. The van der Waals surface area contributed by atoms with Gasteiger partial charge in [-0.2, -0.15) is 0 Å². The fourth-order valence-electron chi connectivity index (χ4n) is 3.07. The molecule has 0 atom stereocenters. The van der Waals surface area contributed by atoms with E-state index in [4.69, 9.17) is 21.3 Å². The van der Waals surface area contributed by atoms with Crippen molar-refractivity contribution in [3.8, 4) is 5.75 Å². The Bertz CT molecular complexity index is 1230. The Labute approximate surface area is 191 Å². The summed E-state index contributed by atoms with van der Waals surface area (Å²) in [7, 11) is 1.61. The minimum atomic E-state index is -0.248. The normalized spacial score (nSPS) is 10.9. The van der Waals surface area contributed by atoms with Crippen LogP contribution in [0.3, 0.4) is 0 Å². The predicted octanol–water partition coefficient (Wildman–Crippen LogP) is 6.27. The Morgan fingerprint density at radius 1 is 1.23 bits per heavy atom. The van der Waals surface area contributed by atoms with Gasteiger partial charge >= 0.3 is 0 Å². The zero-order chi connectivity index (χ0) is 21.3. The van der Waals surface area contributed by atoms with E-state index in [-0.39, 0.29) is 12.5 Å². The van der Waals surface area contributed by atoms with Crippen molar-refractivity contribution in [2.75, 3.05) is 12.0 Å². The van der Waals surface area contributed by atoms with Gasteiger partial charge in [-0.05, 0) is 48.9 Å². The first-order chi connectivity index (χ1) is 14.5. The van der Waals surface area contributed by atoms with E-state index < -0.39 is 0 Å². The van der Waals surface area contributed by atoms with Crippen LogP contribution in [0, 0.1) is 6.92 Å². The lowest BCUT2D eigenvalue weighted by Gasteiger charge is -2.20. The zero-order valence-corrected chi connectivity index (χ0v) is 19.4. The average Bonchev–Trinajstić information content (AvgIpc) is 3.20. The maximum absolute atomic E-state index is 13.6. The number of aryl methyl sites for hydroxylation is 1. The van der Waals surface area contributed by atoms with E-state index in [2.05, 4.69) is 20.9 Å². The summed E-state index contributed by atoms with van der Waals surface area (Å²) in [5.74, 6) is 0.423. The van der Waals surface area contributed by atoms with E-state index in [0.717, 1.165) is 25.9 Å². The van der Waals surface area contributed by atoms with Crippen molar-refractivity contribution in [2.45, 2.75) is 13.5 Å². The number of aromatic nitrogens is 2. The summed E-state index contributed by atoms with van der Waals surface area (Å²) in [5.41, 5.74) is 2.95. The predicted molar refractivity (Wildman–Crippen MR) is 125 cm³/mol. The molecule has 0 aliphatic heterocycles. The molecule has 30 heavy (non-hydrogen) atoms. The van der Waals surface area contributed by atoms with Crippen molar-refractivity contribution in [3.05, 3.63) is 81.0 Å². The highest BCUT2D eigenvalue weighted by Gasteiger charge is 2.25. The summed E-state index contributed by atoms with van der Waals surface area (Å²) >= 11 is 11.2. The fraction of sp³-hybridized carbons (Fsp3) is 0.136. The van der Waals surface area contributed by atoms with E-state index in [1.165, 1.54) is 11.3 Å². The molecule has 5 nitrogen and oxygen atoms in total. The van der Waals surface area contributed by atoms with Gasteiger partial charge in [0.2, 0.25) is 0 Å². The molecule has 1 amide bonds. The molecule has 0 N–H and O–H groups in total. The number of benzene rings is 2. The summed E-state index contributed by atoms with van der Waals surface area (Å²) < 4.78 is 7.22. The topological polar surface area (TPSA) is 55.3 Å². The van der Waals surface area contributed by atoms with Crippen LogP contribution in [0.1, 0.15) is 21.6 Å². The van der Waals surface area contributed by atoms with Crippen LogP contribution in [-0.2, 0) is 6.54 Å². The molecule has 2 heterocycles. The minimum absolute atomic E-state index is 0.248. The van der Waals surface area contributed by atoms with Crippen molar-refractivity contribution in [1.82, 2.24) is 9.97 Å². The molecule has 0 aliphatic rings. The fourth-order valence-corrected chi connectivity index (χ4v) is 4.67. The van der Waals surface area contributed by atoms with Gasteiger partial charge in [0.05, 0.1) is 34.6 Å². The quantitative estimate of drug-likeness (QED) is 0.323. The van der Waals surface area contributed by atoms with Crippen LogP contribution in [0.4, 0.5) is 5.13 Å². The van der Waals surface area contributed by atoms with Crippen LogP contribution in [-0.4, -0.2) is 23.0 Å². The van der Waals surface area contributed by atoms with Crippen molar-refractivity contribution >= 4 is 60.1 Å². The highest BCUT2D eigenvalue weighted by Crippen LogP contribution is 2.37. The highest BCUT2D eigenvalue weighted by atomic mass is 79.9. The zero-order valence-electron chi connectivity index (χ0n) is 16.2. The molecule has 152 valence electrons. The number of halogens is 2. The Kier molecular flexibility index (Phi) is 6.04. The first-order valence-electron chi connectivity index (χ1n) is 9.09. The molecule has 2 aromatic carbocycles. The number of pyridine rings is 1. The lowest BCUT2D eigenvalue weighted by atomic mass is 10.2. The summed E-state index contributed by atoms with van der Waals surface area (Å²) in [4.78, 5) is 24.3. The van der Waals surface area contributed by atoms with Crippen molar-refractivity contribution in [1.29, 1.82) is 0 Å². The number of methoxy groups -OCH3 is 1. The standard InChI is InChI=1S/C22H17BrClN3O2S/c1-13-6-9-18(29-2)19-20(13)30-22(26-19)27(12-15-5-3-4-10-25-15)21(28)16-11-14(23)7-8-17(16)24/h3-11H,12H2,1-2H3. The van der Waals surface area contributed by atoms with Gasteiger partial charge in [0.25, 0.3) is 5.91 Å². The number of amides is 1. The number of rotatable bonds is 5. The number of carbonyl (C=O) groups excluding carboxylic acids is 1. The second kappa shape index (κ2) is 8.71. The molecule has 0 saturated carbocycles. The number of carbonyl (C=O) groups is 1. The van der Waals surface area contributed by atoms with Gasteiger partial charge < -0.3 is 4.74 Å². The van der Waals surface area contributed by atoms with E-state index in [9.17, 15) is 4.79 Å². The van der Waals surface area contributed by atoms with Crippen molar-refractivity contribution in [3.63, 3.8) is 0 Å². The molecule has 8 heteroatoms. The number of ether oxygens (including phenoxy) is 1. The van der Waals surface area contributed by atoms with Gasteiger partial charge in [0.1, 0.15) is 11.3 Å². The van der Waals surface area contributed by atoms with Gasteiger partial charge in [0.15, 0.2) is 5.13 Å². The Morgan fingerprint density at radius 3 is 2.80 bits per heavy atom. The third-order valence-electron chi connectivity index (χ3n) is 4.59. The number of hydrogen-bond acceptors (Lipinski definition) is 5. The molecule has 0 spiro atoms. The van der Waals surface area contributed by atoms with Crippen LogP contribution in [0.5, 0.6) is 5.75 Å². The summed E-state index contributed by atoms with van der Waals surface area (Å²) in [6.07, 6.45) is 1.70. The average molecular weight is 503 g/mol. The highest BCUT2D eigenvalue weighted by molar-refractivity contribution is 9.10. The lowest BCUT2D eigenvalue weighted by molar-refractivity contribution is 0.0985. The molecular weight excluding hydrogens is 486 g/mol. The summed E-state index contributed by atoms with van der Waals surface area (Å²) in [6, 6.07) is 14.7. The Morgan fingerprint density at radius 2 is 2.07 bits per heavy atom. The van der Waals surface area contributed by atoms with Gasteiger partial charge in [-0.15, -0.1) is 0 Å². The van der Waals surface area contributed by atoms with E-state index in [1.807, 2.05) is 37.3 Å². The molecule has 0 bridgehead atoms. The molecule has 4 rings (SSSR count). The first kappa shape index (κ1) is 20.8. The Hall–Kier alpha value is -2.48.